The number of fused-ring (bicyclic) bond motifs is 3. The summed E-state index contributed by atoms with van der Waals surface area (Å²) in [5, 5.41) is 3.13. The van der Waals surface area contributed by atoms with Crippen molar-refractivity contribution in [1.29, 1.82) is 0 Å². The Morgan fingerprint density at radius 3 is 2.56 bits per heavy atom. The lowest BCUT2D eigenvalue weighted by molar-refractivity contribution is -0.126. The van der Waals surface area contributed by atoms with E-state index in [1.54, 1.807) is 9.47 Å². The molecule has 5 aromatic rings. The molecular weight excluding hydrogens is 512 g/mol. The highest BCUT2D eigenvalue weighted by atomic mass is 16.5. The number of carbonyl (C=O) groups excluding carboxylic acids is 1. The summed E-state index contributed by atoms with van der Waals surface area (Å²) in [6.07, 6.45) is 1.35. The van der Waals surface area contributed by atoms with Crippen LogP contribution in [0.5, 0.6) is 5.75 Å². The molecule has 0 aliphatic carbocycles. The quantitative estimate of drug-likeness (QED) is 0.285. The van der Waals surface area contributed by atoms with Gasteiger partial charge in [-0.25, -0.2) is 4.79 Å². The van der Waals surface area contributed by atoms with Crippen LogP contribution in [-0.2, 0) is 4.79 Å². The molecule has 7 rings (SSSR count). The fourth-order valence-electron chi connectivity index (χ4n) is 6.39. The number of hydrogen-bond acceptors (Lipinski definition) is 5. The first-order valence-electron chi connectivity index (χ1n) is 13.9. The molecule has 41 heavy (non-hydrogen) atoms. The SMILES string of the molecule is C=CC(=O)N1CCN2c3nc(=O)n(-c4ccccc4C)c4cc(-c5cccc6cccc(C)c56)cc(c34)OCC2C1. The number of hydrogen-bond donors (Lipinski definition) is 0. The second-order valence-corrected chi connectivity index (χ2v) is 10.8. The number of carbonyl (C=O) groups is 1. The van der Waals surface area contributed by atoms with Gasteiger partial charge in [0, 0.05) is 19.6 Å². The lowest BCUT2D eigenvalue weighted by Crippen LogP contribution is -2.56. The Kier molecular flexibility index (Phi) is 5.89. The molecule has 7 heteroatoms. The highest BCUT2D eigenvalue weighted by molar-refractivity contribution is 6.04. The second kappa shape index (κ2) is 9.63. The molecule has 0 saturated carbocycles. The van der Waals surface area contributed by atoms with Crippen LogP contribution in [0.25, 0.3) is 38.5 Å². The summed E-state index contributed by atoms with van der Waals surface area (Å²) in [7, 11) is 0. The number of rotatable bonds is 3. The summed E-state index contributed by atoms with van der Waals surface area (Å²) in [4.78, 5) is 35.0. The van der Waals surface area contributed by atoms with Gasteiger partial charge in [0.1, 0.15) is 18.2 Å². The van der Waals surface area contributed by atoms with Gasteiger partial charge in [0.15, 0.2) is 0 Å². The molecule has 1 atom stereocenters. The normalized spacial score (nSPS) is 16.3. The lowest BCUT2D eigenvalue weighted by atomic mass is 9.94. The smallest absolute Gasteiger partial charge is 0.354 e. The fraction of sp³-hybridized carbons (Fsp3) is 0.206. The summed E-state index contributed by atoms with van der Waals surface area (Å²) in [6.45, 7) is 9.68. The minimum Gasteiger partial charge on any atom is -0.490 e. The van der Waals surface area contributed by atoms with Crippen molar-refractivity contribution in [3.8, 4) is 22.6 Å². The molecule has 0 bridgehead atoms. The molecule has 4 aromatic carbocycles. The number of nitrogens with zero attached hydrogens (tertiary/aromatic N) is 4. The average Bonchev–Trinajstić information content (AvgIpc) is 3.14. The molecule has 2 aliphatic heterocycles. The molecule has 1 saturated heterocycles. The monoisotopic (exact) mass is 542 g/mol. The van der Waals surface area contributed by atoms with Crippen LogP contribution in [0, 0.1) is 13.8 Å². The van der Waals surface area contributed by atoms with Crippen LogP contribution in [0.1, 0.15) is 11.1 Å². The zero-order valence-electron chi connectivity index (χ0n) is 23.1. The first-order valence-corrected chi connectivity index (χ1v) is 13.9. The third-order valence-corrected chi connectivity index (χ3v) is 8.39. The van der Waals surface area contributed by atoms with E-state index in [0.29, 0.717) is 37.8 Å². The molecule has 3 heterocycles. The zero-order chi connectivity index (χ0) is 28.2. The van der Waals surface area contributed by atoms with E-state index in [-0.39, 0.29) is 17.6 Å². The predicted molar refractivity (Wildman–Crippen MR) is 163 cm³/mol. The lowest BCUT2D eigenvalue weighted by Gasteiger charge is -2.40. The number of benzene rings is 4. The van der Waals surface area contributed by atoms with E-state index in [1.165, 1.54) is 17.0 Å². The summed E-state index contributed by atoms with van der Waals surface area (Å²) in [6, 6.07) is 24.5. The molecule has 0 radical (unpaired) electrons. The number of ether oxygens (including phenoxy) is 1. The van der Waals surface area contributed by atoms with Crippen molar-refractivity contribution >= 4 is 33.4 Å². The molecule has 1 amide bonds. The van der Waals surface area contributed by atoms with E-state index in [0.717, 1.165) is 38.7 Å². The Labute approximate surface area is 237 Å². The molecule has 2 aliphatic rings. The average molecular weight is 543 g/mol. The van der Waals surface area contributed by atoms with Crippen molar-refractivity contribution in [3.05, 3.63) is 107 Å². The Hall–Kier alpha value is -4.91. The van der Waals surface area contributed by atoms with Gasteiger partial charge in [-0.05, 0) is 71.1 Å². The van der Waals surface area contributed by atoms with Gasteiger partial charge >= 0.3 is 5.69 Å². The zero-order valence-corrected chi connectivity index (χ0v) is 23.1. The minimum atomic E-state index is -0.343. The fourth-order valence-corrected chi connectivity index (χ4v) is 6.39. The standard InChI is InChI=1S/C34H30N4O3/c1-4-30(39)36-15-16-37-25(19-36)20-41-29-18-24(26-13-8-12-23-11-7-10-22(3)31(23)26)17-28-32(29)33(37)35-34(40)38(28)27-14-6-5-9-21(27)2/h4-14,17-18,25H,1,15-16,19-20H2,2-3H3. The Bertz CT molecular complexity index is 1940. The van der Waals surface area contributed by atoms with Crippen LogP contribution < -0.4 is 15.3 Å². The number of para-hydroxylation sites is 1. The Balaban J connectivity index is 1.52. The van der Waals surface area contributed by atoms with Crippen molar-refractivity contribution in [2.24, 2.45) is 0 Å². The van der Waals surface area contributed by atoms with Crippen molar-refractivity contribution < 1.29 is 9.53 Å². The van der Waals surface area contributed by atoms with Gasteiger partial charge in [0.05, 0.1) is 22.6 Å². The van der Waals surface area contributed by atoms with Crippen LogP contribution in [0.2, 0.25) is 0 Å². The second-order valence-electron chi connectivity index (χ2n) is 10.8. The molecule has 7 nitrogen and oxygen atoms in total. The minimum absolute atomic E-state index is 0.104. The third kappa shape index (κ3) is 3.99. The number of anilines is 1. The first-order chi connectivity index (χ1) is 19.9. The molecule has 1 fully saturated rings. The van der Waals surface area contributed by atoms with Gasteiger partial charge in [-0.15, -0.1) is 0 Å². The van der Waals surface area contributed by atoms with Crippen molar-refractivity contribution in [3.63, 3.8) is 0 Å². The van der Waals surface area contributed by atoms with Gasteiger partial charge in [-0.2, -0.15) is 4.98 Å². The Morgan fingerprint density at radius 1 is 0.976 bits per heavy atom. The summed E-state index contributed by atoms with van der Waals surface area (Å²) >= 11 is 0. The molecular formula is C34H30N4O3. The maximum atomic E-state index is 13.9. The number of aryl methyl sites for hydroxylation is 2. The number of piperazine rings is 1. The van der Waals surface area contributed by atoms with E-state index < -0.39 is 0 Å². The van der Waals surface area contributed by atoms with Crippen molar-refractivity contribution in [2.45, 2.75) is 19.9 Å². The maximum absolute atomic E-state index is 13.9. The van der Waals surface area contributed by atoms with Crippen LogP contribution in [-0.4, -0.2) is 52.6 Å². The molecule has 204 valence electrons. The molecule has 1 unspecified atom stereocenters. The van der Waals surface area contributed by atoms with Gasteiger partial charge in [0.25, 0.3) is 0 Å². The van der Waals surface area contributed by atoms with E-state index in [2.05, 4.69) is 71.9 Å². The third-order valence-electron chi connectivity index (χ3n) is 8.39. The number of aromatic nitrogens is 2. The van der Waals surface area contributed by atoms with E-state index in [4.69, 9.17) is 4.74 Å². The van der Waals surface area contributed by atoms with Crippen LogP contribution in [0.4, 0.5) is 5.82 Å². The molecule has 0 spiro atoms. The molecule has 0 N–H and O–H groups in total. The summed E-state index contributed by atoms with van der Waals surface area (Å²) in [5.41, 5.74) is 5.39. The van der Waals surface area contributed by atoms with E-state index >= 15 is 0 Å². The summed E-state index contributed by atoms with van der Waals surface area (Å²) in [5.74, 6) is 1.19. The van der Waals surface area contributed by atoms with Crippen LogP contribution in [0.3, 0.4) is 0 Å². The maximum Gasteiger partial charge on any atom is 0.354 e. The van der Waals surface area contributed by atoms with E-state index in [1.807, 2.05) is 31.2 Å². The predicted octanol–water partition coefficient (Wildman–Crippen LogP) is 5.42. The van der Waals surface area contributed by atoms with Gasteiger partial charge in [0.2, 0.25) is 5.91 Å². The van der Waals surface area contributed by atoms with Gasteiger partial charge in [-0.3, -0.25) is 9.36 Å². The summed E-state index contributed by atoms with van der Waals surface area (Å²) < 4.78 is 8.27. The largest absolute Gasteiger partial charge is 0.490 e. The van der Waals surface area contributed by atoms with Crippen molar-refractivity contribution in [1.82, 2.24) is 14.5 Å². The van der Waals surface area contributed by atoms with Crippen LogP contribution in [0.15, 0.2) is 90.2 Å². The first kappa shape index (κ1) is 25.1. The van der Waals surface area contributed by atoms with Crippen molar-refractivity contribution in [2.75, 3.05) is 31.1 Å². The number of amides is 1. The topological polar surface area (TPSA) is 67.7 Å². The van der Waals surface area contributed by atoms with Crippen LogP contribution >= 0.6 is 0 Å². The van der Waals surface area contributed by atoms with Gasteiger partial charge in [-0.1, -0.05) is 61.2 Å². The van der Waals surface area contributed by atoms with Gasteiger partial charge < -0.3 is 14.5 Å². The Morgan fingerprint density at radius 2 is 1.76 bits per heavy atom. The molecule has 1 aromatic heterocycles. The highest BCUT2D eigenvalue weighted by Gasteiger charge is 2.35. The van der Waals surface area contributed by atoms with E-state index in [9.17, 15) is 9.59 Å². The highest BCUT2D eigenvalue weighted by Crippen LogP contribution is 2.42.